The van der Waals surface area contributed by atoms with E-state index in [2.05, 4.69) is 0 Å². The summed E-state index contributed by atoms with van der Waals surface area (Å²) in [4.78, 5) is 26.4. The highest BCUT2D eigenvalue weighted by molar-refractivity contribution is 8.01. The number of rotatable bonds is 2. The quantitative estimate of drug-likeness (QED) is 0.777. The number of amides is 1. The van der Waals surface area contributed by atoms with Crippen molar-refractivity contribution in [1.29, 1.82) is 0 Å². The summed E-state index contributed by atoms with van der Waals surface area (Å²) in [6.07, 6.45) is 5.47. The fourth-order valence-electron chi connectivity index (χ4n) is 2.99. The topological polar surface area (TPSA) is 37.4 Å². The van der Waals surface area contributed by atoms with Gasteiger partial charge in [0.2, 0.25) is 5.91 Å². The Hall–Kier alpha value is -1.29. The Kier molecular flexibility index (Phi) is 3.35. The Labute approximate surface area is 117 Å². The van der Waals surface area contributed by atoms with Gasteiger partial charge in [0.25, 0.3) is 0 Å². The molecule has 0 radical (unpaired) electrons. The number of carbonyl (C=O) groups excluding carboxylic acids is 2. The van der Waals surface area contributed by atoms with Gasteiger partial charge in [0, 0.05) is 16.5 Å². The molecule has 1 saturated carbocycles. The minimum atomic E-state index is -0.0602. The molecule has 4 heteroatoms. The molecule has 1 amide bonds. The summed E-state index contributed by atoms with van der Waals surface area (Å²) >= 11 is 1.56. The van der Waals surface area contributed by atoms with Crippen molar-refractivity contribution in [3.8, 4) is 0 Å². The minimum Gasteiger partial charge on any atom is -0.307 e. The molecule has 0 saturated heterocycles. The Morgan fingerprint density at radius 3 is 2.74 bits per heavy atom. The normalized spacial score (nSPS) is 23.5. The van der Waals surface area contributed by atoms with E-state index in [0.29, 0.717) is 11.6 Å². The van der Waals surface area contributed by atoms with E-state index in [1.54, 1.807) is 17.8 Å². The second kappa shape index (κ2) is 5.00. The Bertz CT molecular complexity index is 523. The molecule has 1 aliphatic heterocycles. The van der Waals surface area contributed by atoms with Crippen LogP contribution in [0, 0.1) is 0 Å². The molecule has 1 atom stereocenters. The van der Waals surface area contributed by atoms with Crippen molar-refractivity contribution in [2.45, 2.75) is 48.8 Å². The first-order valence-corrected chi connectivity index (χ1v) is 7.67. The van der Waals surface area contributed by atoms with E-state index in [0.717, 1.165) is 29.7 Å². The summed E-state index contributed by atoms with van der Waals surface area (Å²) in [6, 6.07) is 5.97. The van der Waals surface area contributed by atoms with E-state index in [1.807, 2.05) is 24.0 Å². The summed E-state index contributed by atoms with van der Waals surface area (Å²) < 4.78 is 0. The zero-order valence-corrected chi connectivity index (χ0v) is 11.8. The van der Waals surface area contributed by atoms with Crippen LogP contribution in [-0.2, 0) is 4.79 Å². The Balaban J connectivity index is 2.04. The highest BCUT2D eigenvalue weighted by Gasteiger charge is 2.36. The fraction of sp³-hybridized carbons (Fsp3) is 0.467. The van der Waals surface area contributed by atoms with E-state index in [1.165, 1.54) is 12.8 Å². The van der Waals surface area contributed by atoms with Gasteiger partial charge in [0.1, 0.15) is 6.29 Å². The third-order valence-corrected chi connectivity index (χ3v) is 5.09. The van der Waals surface area contributed by atoms with Gasteiger partial charge in [-0.2, -0.15) is 0 Å². The van der Waals surface area contributed by atoms with Gasteiger partial charge in [-0.15, -0.1) is 11.8 Å². The second-order valence-corrected chi connectivity index (χ2v) is 6.63. The predicted molar refractivity (Wildman–Crippen MR) is 76.9 cm³/mol. The molecule has 19 heavy (non-hydrogen) atoms. The van der Waals surface area contributed by atoms with Gasteiger partial charge in [-0.25, -0.2) is 0 Å². The molecule has 1 heterocycles. The van der Waals surface area contributed by atoms with Crippen molar-refractivity contribution < 1.29 is 9.59 Å². The van der Waals surface area contributed by atoms with Crippen LogP contribution in [0.4, 0.5) is 5.69 Å². The zero-order valence-electron chi connectivity index (χ0n) is 11.0. The molecule has 100 valence electrons. The van der Waals surface area contributed by atoms with Crippen molar-refractivity contribution in [3.05, 3.63) is 23.8 Å². The predicted octanol–water partition coefficient (Wildman–Crippen LogP) is 3.27. The van der Waals surface area contributed by atoms with E-state index >= 15 is 0 Å². The van der Waals surface area contributed by atoms with Crippen molar-refractivity contribution in [3.63, 3.8) is 0 Å². The largest absolute Gasteiger partial charge is 0.307 e. The van der Waals surface area contributed by atoms with Crippen LogP contribution in [0.3, 0.4) is 0 Å². The lowest BCUT2D eigenvalue weighted by Gasteiger charge is -2.36. The van der Waals surface area contributed by atoms with Crippen LogP contribution in [0.2, 0.25) is 0 Å². The van der Waals surface area contributed by atoms with E-state index < -0.39 is 0 Å². The second-order valence-electron chi connectivity index (χ2n) is 5.25. The number of hydrogen-bond acceptors (Lipinski definition) is 3. The van der Waals surface area contributed by atoms with E-state index in [9.17, 15) is 9.59 Å². The first kappa shape index (κ1) is 12.7. The molecule has 1 aromatic rings. The maximum absolute atomic E-state index is 12.5. The zero-order chi connectivity index (χ0) is 13.4. The first-order chi connectivity index (χ1) is 9.20. The van der Waals surface area contributed by atoms with Crippen molar-refractivity contribution >= 4 is 29.6 Å². The molecule has 2 aliphatic rings. The standard InChI is InChI=1S/C15H17NO2S/c1-10-15(18)16(12-4-2-3-5-12)13-7-6-11(9-17)8-14(13)19-10/h6-10,12H,2-5H2,1H3. The summed E-state index contributed by atoms with van der Waals surface area (Å²) in [6.45, 7) is 1.95. The van der Waals surface area contributed by atoms with Crippen LogP contribution in [0.15, 0.2) is 23.1 Å². The van der Waals surface area contributed by atoms with Gasteiger partial charge in [0.05, 0.1) is 10.9 Å². The molecule has 3 rings (SSSR count). The maximum atomic E-state index is 12.5. The van der Waals surface area contributed by atoms with Crippen LogP contribution >= 0.6 is 11.8 Å². The Morgan fingerprint density at radius 1 is 1.32 bits per heavy atom. The molecule has 0 aromatic heterocycles. The highest BCUT2D eigenvalue weighted by atomic mass is 32.2. The van der Waals surface area contributed by atoms with Crippen molar-refractivity contribution in [1.82, 2.24) is 0 Å². The van der Waals surface area contributed by atoms with Crippen LogP contribution in [-0.4, -0.2) is 23.5 Å². The number of thioether (sulfide) groups is 1. The third kappa shape index (κ3) is 2.18. The fourth-order valence-corrected chi connectivity index (χ4v) is 4.08. The molecule has 1 fully saturated rings. The van der Waals surface area contributed by atoms with Crippen LogP contribution in [0.1, 0.15) is 43.0 Å². The molecule has 1 aliphatic carbocycles. The van der Waals surface area contributed by atoms with Crippen LogP contribution in [0.5, 0.6) is 0 Å². The third-order valence-electron chi connectivity index (χ3n) is 3.96. The van der Waals surface area contributed by atoms with E-state index in [-0.39, 0.29) is 11.2 Å². The number of benzene rings is 1. The van der Waals surface area contributed by atoms with Crippen LogP contribution in [0.25, 0.3) is 0 Å². The number of fused-ring (bicyclic) bond motifs is 1. The lowest BCUT2D eigenvalue weighted by molar-refractivity contribution is -0.118. The minimum absolute atomic E-state index is 0.0602. The summed E-state index contributed by atoms with van der Waals surface area (Å²) in [5.74, 6) is 0.211. The van der Waals surface area contributed by atoms with E-state index in [4.69, 9.17) is 0 Å². The average Bonchev–Trinajstić information content (AvgIpc) is 2.93. The van der Waals surface area contributed by atoms with Crippen molar-refractivity contribution in [2.24, 2.45) is 0 Å². The smallest absolute Gasteiger partial charge is 0.240 e. The highest BCUT2D eigenvalue weighted by Crippen LogP contribution is 2.42. The SMILES string of the molecule is CC1Sc2cc(C=O)ccc2N(C2CCCC2)C1=O. The Morgan fingerprint density at radius 2 is 2.05 bits per heavy atom. The molecule has 0 bridgehead atoms. The van der Waals surface area contributed by atoms with Gasteiger partial charge in [0.15, 0.2) is 0 Å². The molecule has 1 unspecified atom stereocenters. The lowest BCUT2D eigenvalue weighted by Crippen LogP contribution is -2.45. The monoisotopic (exact) mass is 275 g/mol. The molecule has 3 nitrogen and oxygen atoms in total. The van der Waals surface area contributed by atoms with Gasteiger partial charge < -0.3 is 4.90 Å². The molecule has 0 spiro atoms. The van der Waals surface area contributed by atoms with Gasteiger partial charge in [-0.3, -0.25) is 9.59 Å². The molecular formula is C15H17NO2S. The summed E-state index contributed by atoms with van der Waals surface area (Å²) in [7, 11) is 0. The van der Waals surface area contributed by atoms with Crippen LogP contribution < -0.4 is 4.90 Å². The number of anilines is 1. The number of hydrogen-bond donors (Lipinski definition) is 0. The molecular weight excluding hydrogens is 258 g/mol. The van der Waals surface area contributed by atoms with Gasteiger partial charge >= 0.3 is 0 Å². The van der Waals surface area contributed by atoms with Gasteiger partial charge in [-0.1, -0.05) is 12.8 Å². The average molecular weight is 275 g/mol. The number of aldehydes is 1. The molecule has 1 aromatic carbocycles. The number of nitrogens with zero attached hydrogens (tertiary/aromatic N) is 1. The molecule has 0 N–H and O–H groups in total. The summed E-state index contributed by atoms with van der Waals surface area (Å²) in [5, 5.41) is -0.0602. The van der Waals surface area contributed by atoms with Crippen molar-refractivity contribution in [2.75, 3.05) is 4.90 Å². The lowest BCUT2D eigenvalue weighted by atomic mass is 10.1. The van der Waals surface area contributed by atoms with Gasteiger partial charge in [-0.05, 0) is 38.0 Å². The first-order valence-electron chi connectivity index (χ1n) is 6.79. The maximum Gasteiger partial charge on any atom is 0.240 e. The summed E-state index contributed by atoms with van der Waals surface area (Å²) in [5.41, 5.74) is 1.67. The number of carbonyl (C=O) groups is 2.